The first-order valence-corrected chi connectivity index (χ1v) is 7.84. The van der Waals surface area contributed by atoms with Gasteiger partial charge in [-0.05, 0) is 39.7 Å². The van der Waals surface area contributed by atoms with E-state index in [9.17, 15) is 0 Å². The van der Waals surface area contributed by atoms with E-state index < -0.39 is 0 Å². The van der Waals surface area contributed by atoms with Crippen LogP contribution in [0.1, 0.15) is 67.0 Å². The molecule has 1 aliphatic heterocycles. The second-order valence-electron chi connectivity index (χ2n) is 8.17. The van der Waals surface area contributed by atoms with Crippen molar-refractivity contribution in [1.29, 1.82) is 0 Å². The predicted octanol–water partition coefficient (Wildman–Crippen LogP) is 3.88. The second kappa shape index (κ2) is 5.13. The van der Waals surface area contributed by atoms with Gasteiger partial charge in [0, 0.05) is 18.1 Å². The maximum Gasteiger partial charge on any atom is 0.465 e. The van der Waals surface area contributed by atoms with Crippen molar-refractivity contribution < 1.29 is 9.31 Å². The molecule has 0 spiro atoms. The smallest absolute Gasteiger partial charge is 0.403 e. The van der Waals surface area contributed by atoms with Crippen LogP contribution in [0.2, 0.25) is 5.31 Å². The van der Waals surface area contributed by atoms with E-state index in [1.807, 2.05) is 10.9 Å². The van der Waals surface area contributed by atoms with Gasteiger partial charge in [-0.1, -0.05) is 27.7 Å². The molecule has 1 aromatic heterocycles. The molecule has 1 saturated heterocycles. The minimum absolute atomic E-state index is 0.148. The topological polar surface area (TPSA) is 36.3 Å². The van der Waals surface area contributed by atoms with E-state index >= 15 is 0 Å². The molecule has 0 unspecified atom stereocenters. The first-order valence-electron chi connectivity index (χ1n) is 7.84. The van der Waals surface area contributed by atoms with Crippen LogP contribution < -0.4 is 0 Å². The molecule has 0 N–H and O–H groups in total. The lowest BCUT2D eigenvalue weighted by Crippen LogP contribution is -2.41. The summed E-state index contributed by atoms with van der Waals surface area (Å²) in [6.45, 7) is 17.8. The molecule has 21 heavy (non-hydrogen) atoms. The van der Waals surface area contributed by atoms with E-state index in [1.54, 1.807) is 0 Å². The van der Waals surface area contributed by atoms with E-state index in [2.05, 4.69) is 66.6 Å². The van der Waals surface area contributed by atoms with E-state index in [0.717, 1.165) is 12.2 Å². The van der Waals surface area contributed by atoms with Gasteiger partial charge in [-0.2, -0.15) is 5.10 Å². The number of aromatic nitrogens is 2. The zero-order chi connectivity index (χ0) is 16.1. The Morgan fingerprint density at radius 1 is 1.19 bits per heavy atom. The molecule has 5 heteroatoms. The van der Waals surface area contributed by atoms with E-state index in [1.165, 1.54) is 0 Å². The molecule has 1 aliphatic rings. The Labute approximate surface area is 129 Å². The average molecular weight is 292 g/mol. The summed E-state index contributed by atoms with van der Waals surface area (Å²) in [5.74, 6) is 0.450. The zero-order valence-corrected chi connectivity index (χ0v) is 14.7. The number of rotatable bonds is 4. The van der Waals surface area contributed by atoms with Crippen LogP contribution in [0.5, 0.6) is 0 Å². The van der Waals surface area contributed by atoms with Crippen molar-refractivity contribution in [3.8, 4) is 0 Å². The summed E-state index contributed by atoms with van der Waals surface area (Å²) in [7, 11) is -0.228. The Morgan fingerprint density at radius 3 is 2.14 bits per heavy atom. The highest BCUT2D eigenvalue weighted by Gasteiger charge is 2.56. The van der Waals surface area contributed by atoms with Crippen LogP contribution in [0.3, 0.4) is 0 Å². The third-order valence-electron chi connectivity index (χ3n) is 4.71. The molecule has 0 aliphatic carbocycles. The van der Waals surface area contributed by atoms with Gasteiger partial charge in [-0.25, -0.2) is 0 Å². The fraction of sp³-hybridized carbons (Fsp3) is 0.812. The molecular formula is C16H29BN2O2. The zero-order valence-electron chi connectivity index (χ0n) is 14.7. The Bertz CT molecular complexity index is 490. The molecule has 0 atom stereocenters. The molecule has 1 fully saturated rings. The molecule has 0 amide bonds. The van der Waals surface area contributed by atoms with Crippen molar-refractivity contribution >= 4 is 7.12 Å². The van der Waals surface area contributed by atoms with Crippen LogP contribution in [-0.4, -0.2) is 28.1 Å². The van der Waals surface area contributed by atoms with E-state index in [4.69, 9.17) is 9.31 Å². The molecule has 0 radical (unpaired) electrons. The summed E-state index contributed by atoms with van der Waals surface area (Å²) < 4.78 is 14.4. The molecule has 0 bridgehead atoms. The third-order valence-corrected chi connectivity index (χ3v) is 4.71. The predicted molar refractivity (Wildman–Crippen MR) is 86.4 cm³/mol. The normalized spacial score (nSPS) is 21.3. The number of nitrogens with zero attached hydrogens (tertiary/aromatic N) is 2. The van der Waals surface area contributed by atoms with Crippen molar-refractivity contribution in [2.45, 2.75) is 84.4 Å². The molecule has 4 nitrogen and oxygen atoms in total. The number of hydrogen-bond donors (Lipinski definition) is 0. The van der Waals surface area contributed by atoms with Gasteiger partial charge >= 0.3 is 7.12 Å². The SMILES string of the molecule is CC(C)c1ccn(CC(C)(C)B2OC(C)(C)C(C)(C)O2)n1. The van der Waals surface area contributed by atoms with Crippen molar-refractivity contribution in [3.05, 3.63) is 18.0 Å². The first kappa shape index (κ1) is 16.6. The maximum absolute atomic E-state index is 6.19. The van der Waals surface area contributed by atoms with Crippen LogP contribution >= 0.6 is 0 Å². The fourth-order valence-corrected chi connectivity index (χ4v) is 2.43. The summed E-state index contributed by atoms with van der Waals surface area (Å²) in [4.78, 5) is 0. The molecule has 0 saturated carbocycles. The Morgan fingerprint density at radius 2 is 1.71 bits per heavy atom. The van der Waals surface area contributed by atoms with Crippen molar-refractivity contribution in [3.63, 3.8) is 0 Å². The Hall–Kier alpha value is -0.805. The van der Waals surface area contributed by atoms with Gasteiger partial charge in [0.15, 0.2) is 0 Å². The lowest BCUT2D eigenvalue weighted by molar-refractivity contribution is 0.00578. The Balaban J connectivity index is 2.12. The fourth-order valence-electron chi connectivity index (χ4n) is 2.43. The lowest BCUT2D eigenvalue weighted by atomic mass is 9.59. The monoisotopic (exact) mass is 292 g/mol. The lowest BCUT2D eigenvalue weighted by Gasteiger charge is -2.32. The van der Waals surface area contributed by atoms with Gasteiger partial charge in [0.1, 0.15) is 0 Å². The van der Waals surface area contributed by atoms with Gasteiger partial charge in [-0.3, -0.25) is 4.68 Å². The third kappa shape index (κ3) is 3.19. The van der Waals surface area contributed by atoms with E-state index in [0.29, 0.717) is 5.92 Å². The van der Waals surface area contributed by atoms with Gasteiger partial charge < -0.3 is 9.31 Å². The van der Waals surface area contributed by atoms with Crippen molar-refractivity contribution in [2.24, 2.45) is 0 Å². The molecular weight excluding hydrogens is 263 g/mol. The van der Waals surface area contributed by atoms with Gasteiger partial charge in [0.05, 0.1) is 16.9 Å². The summed E-state index contributed by atoms with van der Waals surface area (Å²) in [5, 5.41) is 4.50. The van der Waals surface area contributed by atoms with E-state index in [-0.39, 0.29) is 23.6 Å². The molecule has 2 rings (SSSR count). The highest BCUT2D eigenvalue weighted by Crippen LogP contribution is 2.45. The van der Waals surface area contributed by atoms with Crippen LogP contribution in [0.4, 0.5) is 0 Å². The molecule has 118 valence electrons. The summed E-state index contributed by atoms with van der Waals surface area (Å²) in [6.07, 6.45) is 2.04. The van der Waals surface area contributed by atoms with Gasteiger partial charge in [0.2, 0.25) is 0 Å². The maximum atomic E-state index is 6.19. The van der Waals surface area contributed by atoms with Crippen LogP contribution in [0, 0.1) is 0 Å². The average Bonchev–Trinajstić information content (AvgIpc) is 2.82. The van der Waals surface area contributed by atoms with Crippen LogP contribution in [-0.2, 0) is 15.9 Å². The largest absolute Gasteiger partial charge is 0.465 e. The van der Waals surface area contributed by atoms with Gasteiger partial charge in [-0.15, -0.1) is 0 Å². The summed E-state index contributed by atoms with van der Waals surface area (Å²) in [6, 6.07) is 2.09. The molecule has 2 heterocycles. The highest BCUT2D eigenvalue weighted by molar-refractivity contribution is 6.49. The van der Waals surface area contributed by atoms with Crippen LogP contribution in [0.15, 0.2) is 12.3 Å². The van der Waals surface area contributed by atoms with Crippen LogP contribution in [0.25, 0.3) is 0 Å². The van der Waals surface area contributed by atoms with Gasteiger partial charge in [0.25, 0.3) is 0 Å². The minimum Gasteiger partial charge on any atom is -0.403 e. The first-order chi connectivity index (χ1) is 9.45. The van der Waals surface area contributed by atoms with Crippen molar-refractivity contribution in [2.75, 3.05) is 0 Å². The standard InChI is InChI=1S/C16H29BN2O2/c1-12(2)13-9-10-19(18-13)11-14(3,4)17-20-15(5,6)16(7,8)21-17/h9-10,12H,11H2,1-8H3. The summed E-state index contributed by atoms with van der Waals surface area (Å²) in [5.41, 5.74) is 0.546. The Kier molecular flexibility index (Phi) is 4.05. The highest BCUT2D eigenvalue weighted by atomic mass is 16.7. The molecule has 0 aromatic carbocycles. The van der Waals surface area contributed by atoms with Crippen molar-refractivity contribution in [1.82, 2.24) is 9.78 Å². The molecule has 1 aromatic rings. The number of hydrogen-bond acceptors (Lipinski definition) is 3. The quantitative estimate of drug-likeness (QED) is 0.790. The minimum atomic E-state index is -0.290. The second-order valence-corrected chi connectivity index (χ2v) is 8.17. The summed E-state index contributed by atoms with van der Waals surface area (Å²) >= 11 is 0.